The number of nitrogens with two attached hydrogens (primary N) is 1. The SMILES string of the molecule is CCCCC(CN)NC(=O)C1CCCNC1. The summed E-state index contributed by atoms with van der Waals surface area (Å²) in [6, 6.07) is 0.161. The minimum atomic E-state index is 0.143. The van der Waals surface area contributed by atoms with Gasteiger partial charge in [-0.3, -0.25) is 4.79 Å². The van der Waals surface area contributed by atoms with Crippen molar-refractivity contribution >= 4 is 5.91 Å². The largest absolute Gasteiger partial charge is 0.352 e. The van der Waals surface area contributed by atoms with E-state index in [1.807, 2.05) is 0 Å². The van der Waals surface area contributed by atoms with Gasteiger partial charge in [0.15, 0.2) is 0 Å². The molecule has 1 aliphatic rings. The van der Waals surface area contributed by atoms with E-state index < -0.39 is 0 Å². The number of amides is 1. The molecule has 4 heteroatoms. The zero-order valence-electron chi connectivity index (χ0n) is 10.3. The van der Waals surface area contributed by atoms with Gasteiger partial charge in [0.1, 0.15) is 0 Å². The maximum Gasteiger partial charge on any atom is 0.224 e. The first kappa shape index (κ1) is 13.5. The van der Waals surface area contributed by atoms with Gasteiger partial charge in [-0.1, -0.05) is 19.8 Å². The van der Waals surface area contributed by atoms with E-state index in [0.29, 0.717) is 6.54 Å². The molecule has 2 unspecified atom stereocenters. The zero-order valence-corrected chi connectivity index (χ0v) is 10.3. The van der Waals surface area contributed by atoms with Crippen molar-refractivity contribution in [2.24, 2.45) is 11.7 Å². The molecular weight excluding hydrogens is 202 g/mol. The number of piperidine rings is 1. The number of hydrogen-bond donors (Lipinski definition) is 3. The van der Waals surface area contributed by atoms with Crippen molar-refractivity contribution in [3.8, 4) is 0 Å². The van der Waals surface area contributed by atoms with Crippen LogP contribution in [-0.2, 0) is 4.79 Å². The Morgan fingerprint density at radius 2 is 2.44 bits per heavy atom. The Balaban J connectivity index is 2.29. The Kier molecular flexibility index (Phi) is 6.42. The average Bonchev–Trinajstić information content (AvgIpc) is 2.35. The molecule has 1 fully saturated rings. The fourth-order valence-electron chi connectivity index (χ4n) is 2.09. The highest BCUT2D eigenvalue weighted by Gasteiger charge is 2.22. The fraction of sp³-hybridized carbons (Fsp3) is 0.917. The van der Waals surface area contributed by atoms with E-state index in [4.69, 9.17) is 5.73 Å². The molecule has 0 aromatic heterocycles. The second-order valence-corrected chi connectivity index (χ2v) is 4.63. The van der Waals surface area contributed by atoms with Gasteiger partial charge in [-0.05, 0) is 25.8 Å². The third-order valence-electron chi connectivity index (χ3n) is 3.20. The summed E-state index contributed by atoms with van der Waals surface area (Å²) in [4.78, 5) is 11.9. The molecule has 4 N–H and O–H groups in total. The molecule has 0 saturated carbocycles. The van der Waals surface area contributed by atoms with Crippen LogP contribution in [0.3, 0.4) is 0 Å². The van der Waals surface area contributed by atoms with E-state index in [9.17, 15) is 4.79 Å². The molecule has 1 aliphatic heterocycles. The fourth-order valence-corrected chi connectivity index (χ4v) is 2.09. The number of nitrogens with one attached hydrogen (secondary N) is 2. The first-order valence-corrected chi connectivity index (χ1v) is 6.49. The monoisotopic (exact) mass is 227 g/mol. The summed E-state index contributed by atoms with van der Waals surface area (Å²) >= 11 is 0. The Labute approximate surface area is 98.3 Å². The molecule has 0 bridgehead atoms. The van der Waals surface area contributed by atoms with E-state index in [1.54, 1.807) is 0 Å². The van der Waals surface area contributed by atoms with Crippen molar-refractivity contribution < 1.29 is 4.79 Å². The average molecular weight is 227 g/mol. The molecule has 1 rings (SSSR count). The maximum atomic E-state index is 11.9. The van der Waals surface area contributed by atoms with Crippen LogP contribution in [0.1, 0.15) is 39.0 Å². The Hall–Kier alpha value is -0.610. The molecule has 4 nitrogen and oxygen atoms in total. The lowest BCUT2D eigenvalue weighted by Crippen LogP contribution is -2.46. The van der Waals surface area contributed by atoms with Gasteiger partial charge in [-0.2, -0.15) is 0 Å². The molecule has 94 valence electrons. The van der Waals surface area contributed by atoms with Crippen LogP contribution in [0.2, 0.25) is 0 Å². The molecule has 2 atom stereocenters. The Morgan fingerprint density at radius 1 is 1.62 bits per heavy atom. The lowest BCUT2D eigenvalue weighted by Gasteiger charge is -2.25. The predicted octanol–water partition coefficient (Wildman–Crippen LogP) is 0.620. The lowest BCUT2D eigenvalue weighted by atomic mass is 9.98. The van der Waals surface area contributed by atoms with Crippen LogP contribution in [0.25, 0.3) is 0 Å². The number of unbranched alkanes of at least 4 members (excludes halogenated alkanes) is 1. The van der Waals surface area contributed by atoms with Gasteiger partial charge >= 0.3 is 0 Å². The maximum absolute atomic E-state index is 11.9. The molecular formula is C12H25N3O. The van der Waals surface area contributed by atoms with Crippen molar-refractivity contribution in [2.45, 2.75) is 45.1 Å². The second kappa shape index (κ2) is 7.63. The van der Waals surface area contributed by atoms with E-state index >= 15 is 0 Å². The summed E-state index contributed by atoms with van der Waals surface area (Å²) in [6.07, 6.45) is 5.38. The molecule has 16 heavy (non-hydrogen) atoms. The molecule has 0 aromatic carbocycles. The highest BCUT2D eigenvalue weighted by Crippen LogP contribution is 2.10. The summed E-state index contributed by atoms with van der Waals surface area (Å²) in [5.74, 6) is 0.322. The van der Waals surface area contributed by atoms with E-state index in [-0.39, 0.29) is 17.9 Å². The number of carbonyl (C=O) groups is 1. The van der Waals surface area contributed by atoms with Crippen molar-refractivity contribution in [1.82, 2.24) is 10.6 Å². The van der Waals surface area contributed by atoms with E-state index in [0.717, 1.165) is 45.2 Å². The third-order valence-corrected chi connectivity index (χ3v) is 3.20. The Bertz CT molecular complexity index is 202. The van der Waals surface area contributed by atoms with Crippen LogP contribution < -0.4 is 16.4 Å². The van der Waals surface area contributed by atoms with Gasteiger partial charge in [-0.15, -0.1) is 0 Å². The topological polar surface area (TPSA) is 67.1 Å². The Morgan fingerprint density at radius 3 is 3.00 bits per heavy atom. The van der Waals surface area contributed by atoms with Crippen molar-refractivity contribution in [1.29, 1.82) is 0 Å². The van der Waals surface area contributed by atoms with Gasteiger partial charge < -0.3 is 16.4 Å². The highest BCUT2D eigenvalue weighted by molar-refractivity contribution is 5.79. The highest BCUT2D eigenvalue weighted by atomic mass is 16.2. The van der Waals surface area contributed by atoms with E-state index in [1.165, 1.54) is 0 Å². The molecule has 0 spiro atoms. The minimum Gasteiger partial charge on any atom is -0.352 e. The van der Waals surface area contributed by atoms with Crippen molar-refractivity contribution in [3.63, 3.8) is 0 Å². The molecule has 1 heterocycles. The molecule has 0 aliphatic carbocycles. The van der Waals surface area contributed by atoms with Crippen molar-refractivity contribution in [2.75, 3.05) is 19.6 Å². The predicted molar refractivity (Wildman–Crippen MR) is 66.1 cm³/mol. The van der Waals surface area contributed by atoms with E-state index in [2.05, 4.69) is 17.6 Å². The summed E-state index contributed by atoms with van der Waals surface area (Å²) in [7, 11) is 0. The quantitative estimate of drug-likeness (QED) is 0.623. The normalized spacial score (nSPS) is 22.8. The molecule has 1 amide bonds. The number of carbonyl (C=O) groups excluding carboxylic acids is 1. The zero-order chi connectivity index (χ0) is 11.8. The minimum absolute atomic E-state index is 0.143. The molecule has 1 saturated heterocycles. The van der Waals surface area contributed by atoms with Crippen LogP contribution in [0.4, 0.5) is 0 Å². The van der Waals surface area contributed by atoms with Gasteiger partial charge in [-0.25, -0.2) is 0 Å². The summed E-state index contributed by atoms with van der Waals surface area (Å²) < 4.78 is 0. The lowest BCUT2D eigenvalue weighted by molar-refractivity contribution is -0.126. The summed E-state index contributed by atoms with van der Waals surface area (Å²) in [5, 5.41) is 6.33. The number of hydrogen-bond acceptors (Lipinski definition) is 3. The number of rotatable bonds is 6. The molecule has 0 radical (unpaired) electrons. The molecule has 0 aromatic rings. The summed E-state index contributed by atoms with van der Waals surface area (Å²) in [5.41, 5.74) is 5.66. The first-order chi connectivity index (χ1) is 7.77. The van der Waals surface area contributed by atoms with Gasteiger partial charge in [0.25, 0.3) is 0 Å². The summed E-state index contributed by atoms with van der Waals surface area (Å²) in [6.45, 7) is 4.56. The van der Waals surface area contributed by atoms with Gasteiger partial charge in [0, 0.05) is 19.1 Å². The van der Waals surface area contributed by atoms with Crippen LogP contribution >= 0.6 is 0 Å². The van der Waals surface area contributed by atoms with Crippen LogP contribution in [-0.4, -0.2) is 31.6 Å². The van der Waals surface area contributed by atoms with Gasteiger partial charge in [0.05, 0.1) is 5.92 Å². The standard InChI is InChI=1S/C12H25N3O/c1-2-3-6-11(8-13)15-12(16)10-5-4-7-14-9-10/h10-11,14H,2-9,13H2,1H3,(H,15,16). The first-order valence-electron chi connectivity index (χ1n) is 6.49. The van der Waals surface area contributed by atoms with Crippen molar-refractivity contribution in [3.05, 3.63) is 0 Å². The van der Waals surface area contributed by atoms with Crippen LogP contribution in [0.5, 0.6) is 0 Å². The van der Waals surface area contributed by atoms with Crippen LogP contribution in [0.15, 0.2) is 0 Å². The van der Waals surface area contributed by atoms with Crippen LogP contribution in [0, 0.1) is 5.92 Å². The third kappa shape index (κ3) is 4.49. The smallest absolute Gasteiger partial charge is 0.224 e. The second-order valence-electron chi connectivity index (χ2n) is 4.63. The van der Waals surface area contributed by atoms with Gasteiger partial charge in [0.2, 0.25) is 5.91 Å².